The molecule has 2 N–H and O–H groups in total. The Bertz CT molecular complexity index is 1010. The molecule has 3 aliphatic heterocycles. The molecule has 166 valence electrons. The van der Waals surface area contributed by atoms with E-state index in [0.717, 1.165) is 64.8 Å². The van der Waals surface area contributed by atoms with Crippen molar-refractivity contribution in [2.45, 2.75) is 45.7 Å². The summed E-state index contributed by atoms with van der Waals surface area (Å²) in [6.07, 6.45) is 5.29. The van der Waals surface area contributed by atoms with Gasteiger partial charge in [-0.3, -0.25) is 9.88 Å². The maximum Gasteiger partial charge on any atom is 0.160 e. The fourth-order valence-corrected chi connectivity index (χ4v) is 5.63. The lowest BCUT2D eigenvalue weighted by Gasteiger charge is -2.25. The zero-order valence-corrected chi connectivity index (χ0v) is 19.7. The average molecular weight is 462 g/mol. The normalized spacial score (nSPS) is 23.0. The predicted molar refractivity (Wildman–Crippen MR) is 128 cm³/mol. The van der Waals surface area contributed by atoms with Gasteiger partial charge in [-0.05, 0) is 57.3 Å². The first-order valence-corrected chi connectivity index (χ1v) is 11.4. The first-order valence-electron chi connectivity index (χ1n) is 10.4. The van der Waals surface area contributed by atoms with Crippen molar-refractivity contribution in [3.05, 3.63) is 34.2 Å². The van der Waals surface area contributed by atoms with Crippen LogP contribution in [0.4, 0.5) is 0 Å². The average Bonchev–Trinajstić information content (AvgIpc) is 3.34. The van der Waals surface area contributed by atoms with Crippen LogP contribution >= 0.6 is 24.4 Å². The van der Waals surface area contributed by atoms with Gasteiger partial charge in [0.1, 0.15) is 18.0 Å². The number of amidine groups is 1. The Kier molecular flexibility index (Phi) is 6.27. The number of methoxy groups -OCH3 is 1. The Balaban J connectivity index is 0.00000231. The molecule has 0 aromatic carbocycles. The summed E-state index contributed by atoms with van der Waals surface area (Å²) in [5.41, 5.74) is 13.6. The number of rotatable bonds is 4. The third-order valence-corrected chi connectivity index (χ3v) is 7.10. The molecule has 1 fully saturated rings. The van der Waals surface area contributed by atoms with Crippen molar-refractivity contribution in [1.82, 2.24) is 15.0 Å². The van der Waals surface area contributed by atoms with E-state index < -0.39 is 0 Å². The molecular formula is C21H28ClN7OS. The van der Waals surface area contributed by atoms with Gasteiger partial charge in [-0.2, -0.15) is 19.7 Å². The van der Waals surface area contributed by atoms with Crippen LogP contribution in [-0.4, -0.2) is 64.3 Å². The van der Waals surface area contributed by atoms with E-state index in [1.807, 2.05) is 20.0 Å². The molecule has 1 saturated heterocycles. The van der Waals surface area contributed by atoms with Gasteiger partial charge in [-0.25, -0.2) is 0 Å². The van der Waals surface area contributed by atoms with Gasteiger partial charge in [-0.1, -0.05) is 0 Å². The lowest BCUT2D eigenvalue weighted by atomic mass is 10.0. The van der Waals surface area contributed by atoms with Crippen LogP contribution in [-0.2, 0) is 6.54 Å². The number of nitrogens with two attached hydrogens (primary N) is 1. The third kappa shape index (κ3) is 3.83. The van der Waals surface area contributed by atoms with Crippen molar-refractivity contribution in [2.75, 3.05) is 26.0 Å². The molecule has 1 atom stereocenters. The summed E-state index contributed by atoms with van der Waals surface area (Å²) in [6.45, 7) is 6.79. The Morgan fingerprint density at radius 1 is 1.23 bits per heavy atom. The topological polar surface area (TPSA) is 91.7 Å². The molecule has 1 unspecified atom stereocenters. The van der Waals surface area contributed by atoms with Gasteiger partial charge in [0.05, 0.1) is 18.5 Å². The lowest BCUT2D eigenvalue weighted by molar-refractivity contribution is 0.276. The van der Waals surface area contributed by atoms with Crippen LogP contribution in [0.25, 0.3) is 0 Å². The van der Waals surface area contributed by atoms with Crippen molar-refractivity contribution in [1.29, 1.82) is 0 Å². The number of hydrogen-bond donors (Lipinski definition) is 1. The monoisotopic (exact) mass is 461 g/mol. The van der Waals surface area contributed by atoms with Gasteiger partial charge in [0, 0.05) is 41.1 Å². The van der Waals surface area contributed by atoms with Gasteiger partial charge in [-0.15, -0.1) is 12.4 Å². The number of hydrazone groups is 2. The minimum Gasteiger partial charge on any atom is -0.496 e. The van der Waals surface area contributed by atoms with Crippen LogP contribution in [0, 0.1) is 13.8 Å². The molecule has 10 heteroatoms. The number of aryl methyl sites for hydroxylation is 1. The highest BCUT2D eigenvalue weighted by molar-refractivity contribution is 7.98. The van der Waals surface area contributed by atoms with Crippen molar-refractivity contribution >= 4 is 41.6 Å². The number of pyridine rings is 1. The van der Waals surface area contributed by atoms with Crippen LogP contribution in [0.5, 0.6) is 5.75 Å². The molecular weight excluding hydrogens is 434 g/mol. The minimum atomic E-state index is 0. The molecule has 1 aromatic heterocycles. The Labute approximate surface area is 193 Å². The summed E-state index contributed by atoms with van der Waals surface area (Å²) in [7, 11) is 1.69. The number of ether oxygens (including phenoxy) is 1. The highest BCUT2D eigenvalue weighted by atomic mass is 35.5. The third-order valence-electron chi connectivity index (χ3n) is 6.33. The lowest BCUT2D eigenvalue weighted by Crippen LogP contribution is -2.34. The SMILES string of the molecule is COc1c(C)cnc(CN2N=C3CC(N4CCCC4)C4=C3C(=N2)C(N)=NSC4)c1C.Cl. The maximum atomic E-state index is 6.32. The maximum absolute atomic E-state index is 6.32. The zero-order chi connectivity index (χ0) is 20.8. The van der Waals surface area contributed by atoms with E-state index >= 15 is 0 Å². The van der Waals surface area contributed by atoms with E-state index in [4.69, 9.17) is 20.7 Å². The Morgan fingerprint density at radius 3 is 2.74 bits per heavy atom. The molecule has 0 radical (unpaired) electrons. The zero-order valence-electron chi connectivity index (χ0n) is 18.1. The van der Waals surface area contributed by atoms with Crippen LogP contribution < -0.4 is 10.5 Å². The molecule has 4 aliphatic rings. The van der Waals surface area contributed by atoms with Crippen molar-refractivity contribution < 1.29 is 4.74 Å². The van der Waals surface area contributed by atoms with Gasteiger partial charge in [0.25, 0.3) is 0 Å². The van der Waals surface area contributed by atoms with Crippen molar-refractivity contribution in [2.24, 2.45) is 20.3 Å². The Morgan fingerprint density at radius 2 is 2.00 bits per heavy atom. The smallest absolute Gasteiger partial charge is 0.160 e. The minimum absolute atomic E-state index is 0. The first-order chi connectivity index (χ1) is 14.6. The van der Waals surface area contributed by atoms with Crippen molar-refractivity contribution in [3.8, 4) is 5.75 Å². The second-order valence-electron chi connectivity index (χ2n) is 8.19. The van der Waals surface area contributed by atoms with E-state index in [2.05, 4.69) is 14.3 Å². The number of nitrogens with zero attached hydrogens (tertiary/aromatic N) is 6. The van der Waals surface area contributed by atoms with E-state index in [0.29, 0.717) is 18.4 Å². The van der Waals surface area contributed by atoms with Gasteiger partial charge in [0.2, 0.25) is 0 Å². The van der Waals surface area contributed by atoms with E-state index in [1.165, 1.54) is 30.4 Å². The predicted octanol–water partition coefficient (Wildman–Crippen LogP) is 2.84. The van der Waals surface area contributed by atoms with Gasteiger partial charge >= 0.3 is 0 Å². The van der Waals surface area contributed by atoms with Crippen LogP contribution in [0.1, 0.15) is 36.1 Å². The summed E-state index contributed by atoms with van der Waals surface area (Å²) in [4.78, 5) is 7.20. The fraction of sp³-hybridized carbons (Fsp3) is 0.524. The van der Waals surface area contributed by atoms with Crippen LogP contribution in [0.2, 0.25) is 0 Å². The standard InChI is InChI=1S/C21H27N7OS.ClH/c1-12-9-23-16(13(2)20(12)29-3)10-28-24-15-8-17(27-6-4-5-7-27)14-11-30-26-21(22)19(25-28)18(14)15;/h9,17H,4-8,10-11H2,1-3H3,(H2,22,26);1H. The number of aromatic nitrogens is 1. The van der Waals surface area contributed by atoms with E-state index in [1.54, 1.807) is 12.2 Å². The molecule has 1 aromatic rings. The quantitative estimate of drug-likeness (QED) is 0.693. The molecule has 0 bridgehead atoms. The molecule has 0 saturated carbocycles. The second kappa shape index (κ2) is 8.80. The number of halogens is 1. The molecule has 8 nitrogen and oxygen atoms in total. The first kappa shape index (κ1) is 22.1. The molecule has 0 spiro atoms. The molecule has 4 heterocycles. The molecule has 5 rings (SSSR count). The molecule has 1 aliphatic carbocycles. The molecule has 0 amide bonds. The largest absolute Gasteiger partial charge is 0.496 e. The summed E-state index contributed by atoms with van der Waals surface area (Å²) >= 11 is 1.52. The van der Waals surface area contributed by atoms with E-state index in [9.17, 15) is 0 Å². The summed E-state index contributed by atoms with van der Waals surface area (Å²) in [5, 5.41) is 11.4. The summed E-state index contributed by atoms with van der Waals surface area (Å²) in [6, 6.07) is 0.388. The molecule has 31 heavy (non-hydrogen) atoms. The highest BCUT2D eigenvalue weighted by Crippen LogP contribution is 2.38. The second-order valence-corrected chi connectivity index (χ2v) is 8.91. The number of likely N-dealkylation sites (tertiary alicyclic amines) is 1. The van der Waals surface area contributed by atoms with Crippen LogP contribution in [0.15, 0.2) is 31.9 Å². The fourth-order valence-electron chi connectivity index (χ4n) is 4.87. The number of hydrogen-bond acceptors (Lipinski definition) is 9. The van der Waals surface area contributed by atoms with Gasteiger partial charge in [0.15, 0.2) is 5.84 Å². The van der Waals surface area contributed by atoms with Crippen molar-refractivity contribution in [3.63, 3.8) is 0 Å². The summed E-state index contributed by atoms with van der Waals surface area (Å²) < 4.78 is 10.0. The van der Waals surface area contributed by atoms with Crippen LogP contribution in [0.3, 0.4) is 0 Å². The Hall–Kier alpha value is -2.10. The van der Waals surface area contributed by atoms with Gasteiger partial charge < -0.3 is 10.5 Å². The summed E-state index contributed by atoms with van der Waals surface area (Å²) in [5.74, 6) is 2.20. The highest BCUT2D eigenvalue weighted by Gasteiger charge is 2.41. The van der Waals surface area contributed by atoms with E-state index in [-0.39, 0.29) is 12.4 Å².